The van der Waals surface area contributed by atoms with Crippen molar-refractivity contribution in [1.29, 1.82) is 0 Å². The molecular formula is C20H26N4O5S. The number of esters is 1. The topological polar surface area (TPSA) is 110 Å². The molecule has 3 rings (SSSR count). The Bertz CT molecular complexity index is 1090. The summed E-state index contributed by atoms with van der Waals surface area (Å²) in [4.78, 5) is 36.9. The molecule has 1 aromatic carbocycles. The second-order valence-electron chi connectivity index (χ2n) is 7.62. The van der Waals surface area contributed by atoms with Gasteiger partial charge >= 0.3 is 5.97 Å². The van der Waals surface area contributed by atoms with Crippen LogP contribution in [0.5, 0.6) is 0 Å². The fourth-order valence-electron chi connectivity index (χ4n) is 3.63. The summed E-state index contributed by atoms with van der Waals surface area (Å²) in [5, 5.41) is 0.786. The second kappa shape index (κ2) is 8.55. The van der Waals surface area contributed by atoms with Gasteiger partial charge in [-0.1, -0.05) is 0 Å². The van der Waals surface area contributed by atoms with Crippen molar-refractivity contribution < 1.29 is 22.7 Å². The highest BCUT2D eigenvalue weighted by Crippen LogP contribution is 2.26. The lowest BCUT2D eigenvalue weighted by molar-refractivity contribution is -0.147. The number of hydrogen-bond acceptors (Lipinski definition) is 8. The van der Waals surface area contributed by atoms with E-state index >= 15 is 0 Å². The van der Waals surface area contributed by atoms with E-state index in [-0.39, 0.29) is 23.3 Å². The first-order valence-corrected chi connectivity index (χ1v) is 11.5. The van der Waals surface area contributed by atoms with Crippen LogP contribution in [0, 0.1) is 12.8 Å². The van der Waals surface area contributed by atoms with Crippen LogP contribution in [0.25, 0.3) is 10.9 Å². The summed E-state index contributed by atoms with van der Waals surface area (Å²) in [6.07, 6.45) is 2.66. The minimum atomic E-state index is -3.35. The van der Waals surface area contributed by atoms with Crippen LogP contribution in [0.4, 0.5) is 5.95 Å². The van der Waals surface area contributed by atoms with Crippen molar-refractivity contribution in [2.24, 2.45) is 5.92 Å². The third kappa shape index (κ3) is 4.69. The molecule has 9 nitrogen and oxygen atoms in total. The highest BCUT2D eigenvalue weighted by atomic mass is 32.2. The van der Waals surface area contributed by atoms with Crippen molar-refractivity contribution in [3.8, 4) is 0 Å². The number of sulfone groups is 1. The number of hydrogen-bond donors (Lipinski definition) is 0. The number of rotatable bonds is 5. The minimum Gasteiger partial charge on any atom is -0.468 e. The predicted octanol–water partition coefficient (Wildman–Crippen LogP) is 1.19. The molecule has 2 aromatic rings. The molecule has 0 spiro atoms. The Morgan fingerprint density at radius 1 is 1.30 bits per heavy atom. The molecule has 30 heavy (non-hydrogen) atoms. The third-order valence-corrected chi connectivity index (χ3v) is 6.41. The number of carbonyl (C=O) groups excluding carboxylic acids is 2. The fourth-order valence-corrected chi connectivity index (χ4v) is 4.27. The molecule has 162 valence electrons. The maximum Gasteiger partial charge on any atom is 0.325 e. The Balaban J connectivity index is 1.86. The number of likely N-dealkylation sites (N-methyl/N-ethyl adjacent to an activating group) is 1. The first kappa shape index (κ1) is 21.9. The largest absolute Gasteiger partial charge is 0.468 e. The number of ether oxygens (including phenoxy) is 1. The Morgan fingerprint density at radius 3 is 2.70 bits per heavy atom. The average molecular weight is 435 g/mol. The molecule has 0 radical (unpaired) electrons. The Labute approximate surface area is 176 Å². The van der Waals surface area contributed by atoms with Crippen molar-refractivity contribution in [3.05, 3.63) is 23.9 Å². The highest BCUT2D eigenvalue weighted by Gasteiger charge is 2.30. The van der Waals surface area contributed by atoms with Gasteiger partial charge in [-0.25, -0.2) is 18.4 Å². The molecule has 1 saturated heterocycles. The lowest BCUT2D eigenvalue weighted by Gasteiger charge is -2.34. The third-order valence-electron chi connectivity index (χ3n) is 5.30. The zero-order chi connectivity index (χ0) is 22.1. The van der Waals surface area contributed by atoms with Crippen LogP contribution < -0.4 is 4.90 Å². The molecule has 0 saturated carbocycles. The number of piperidine rings is 1. The molecule has 0 N–H and O–H groups in total. The molecule has 1 aliphatic rings. The van der Waals surface area contributed by atoms with Gasteiger partial charge in [0, 0.05) is 31.8 Å². The zero-order valence-corrected chi connectivity index (χ0v) is 18.4. The minimum absolute atomic E-state index is 0.0916. The van der Waals surface area contributed by atoms with Crippen molar-refractivity contribution in [1.82, 2.24) is 14.9 Å². The van der Waals surface area contributed by atoms with Crippen molar-refractivity contribution >= 4 is 38.6 Å². The Hall–Kier alpha value is -2.75. The number of amides is 1. The fraction of sp³-hybridized carbons (Fsp3) is 0.500. The van der Waals surface area contributed by atoms with Gasteiger partial charge in [-0.15, -0.1) is 0 Å². The van der Waals surface area contributed by atoms with Crippen molar-refractivity contribution in [2.75, 3.05) is 44.9 Å². The maximum absolute atomic E-state index is 12.7. The van der Waals surface area contributed by atoms with Gasteiger partial charge < -0.3 is 14.5 Å². The normalized spacial score (nSPS) is 17.1. The molecule has 2 heterocycles. The van der Waals surface area contributed by atoms with Crippen LogP contribution >= 0.6 is 0 Å². The van der Waals surface area contributed by atoms with E-state index in [0.717, 1.165) is 23.8 Å². The maximum atomic E-state index is 12.7. The van der Waals surface area contributed by atoms with Gasteiger partial charge in [0.1, 0.15) is 6.54 Å². The smallest absolute Gasteiger partial charge is 0.325 e. The molecule has 0 aliphatic carbocycles. The van der Waals surface area contributed by atoms with E-state index in [2.05, 4.69) is 14.7 Å². The van der Waals surface area contributed by atoms with E-state index in [4.69, 9.17) is 0 Å². The summed E-state index contributed by atoms with van der Waals surface area (Å²) in [5.74, 6) is -0.398. The molecule has 1 atom stereocenters. The number of benzene rings is 1. The van der Waals surface area contributed by atoms with E-state index in [9.17, 15) is 18.0 Å². The number of anilines is 1. The Morgan fingerprint density at radius 2 is 2.03 bits per heavy atom. The molecular weight excluding hydrogens is 408 g/mol. The van der Waals surface area contributed by atoms with E-state index in [1.807, 2.05) is 11.8 Å². The highest BCUT2D eigenvalue weighted by molar-refractivity contribution is 7.90. The number of methoxy groups -OCH3 is 1. The van der Waals surface area contributed by atoms with Crippen LogP contribution in [0.15, 0.2) is 23.1 Å². The van der Waals surface area contributed by atoms with Crippen LogP contribution in [-0.4, -0.2) is 75.2 Å². The number of aryl methyl sites for hydroxylation is 1. The number of fused-ring (bicyclic) bond motifs is 1. The van der Waals surface area contributed by atoms with Crippen molar-refractivity contribution in [3.63, 3.8) is 0 Å². The van der Waals surface area contributed by atoms with Crippen molar-refractivity contribution in [2.45, 2.75) is 24.7 Å². The van der Waals surface area contributed by atoms with E-state index in [0.29, 0.717) is 31.0 Å². The lowest BCUT2D eigenvalue weighted by Crippen LogP contribution is -2.45. The SMILES string of the molecule is COC(=O)CN(C)C(=O)[C@@H]1CCCN(c2nc(C)c3ccc(S(C)(=O)=O)cc3n2)C1. The molecule has 1 fully saturated rings. The summed E-state index contributed by atoms with van der Waals surface area (Å²) < 4.78 is 28.4. The molecule has 10 heteroatoms. The predicted molar refractivity (Wildman–Crippen MR) is 112 cm³/mol. The standard InChI is InChI=1S/C20H26N4O5S/c1-13-16-8-7-15(30(4,27)28)10-17(16)22-20(21-13)24-9-5-6-14(11-24)19(26)23(2)12-18(25)29-3/h7-8,10,14H,5-6,9,11-12H2,1-4H3/t14-/m1/s1. The number of carbonyl (C=O) groups is 2. The van der Waals surface area contributed by atoms with Gasteiger partial charge in [-0.3, -0.25) is 9.59 Å². The molecule has 1 aliphatic heterocycles. The van der Waals surface area contributed by atoms with Crippen LogP contribution in [0.3, 0.4) is 0 Å². The number of aromatic nitrogens is 2. The van der Waals surface area contributed by atoms with Crippen LogP contribution in [-0.2, 0) is 24.2 Å². The molecule has 0 unspecified atom stereocenters. The van der Waals surface area contributed by atoms with Gasteiger partial charge in [0.05, 0.1) is 29.1 Å². The summed E-state index contributed by atoms with van der Waals surface area (Å²) in [7, 11) is -0.474. The first-order valence-electron chi connectivity index (χ1n) is 9.65. The summed E-state index contributed by atoms with van der Waals surface area (Å²) in [6, 6.07) is 4.83. The summed E-state index contributed by atoms with van der Waals surface area (Å²) in [6.45, 7) is 2.89. The quantitative estimate of drug-likeness (QED) is 0.646. The first-order chi connectivity index (χ1) is 14.1. The van der Waals surface area contributed by atoms with Crippen LogP contribution in [0.2, 0.25) is 0 Å². The zero-order valence-electron chi connectivity index (χ0n) is 17.6. The van der Waals surface area contributed by atoms with Gasteiger partial charge in [0.25, 0.3) is 0 Å². The van der Waals surface area contributed by atoms with Gasteiger partial charge in [0.15, 0.2) is 9.84 Å². The van der Waals surface area contributed by atoms with Gasteiger partial charge in [0.2, 0.25) is 11.9 Å². The second-order valence-corrected chi connectivity index (χ2v) is 9.63. The molecule has 0 bridgehead atoms. The van der Waals surface area contributed by atoms with E-state index in [1.165, 1.54) is 12.0 Å². The average Bonchev–Trinajstić information content (AvgIpc) is 2.72. The monoisotopic (exact) mass is 434 g/mol. The van der Waals surface area contributed by atoms with Crippen LogP contribution in [0.1, 0.15) is 18.5 Å². The van der Waals surface area contributed by atoms with E-state index < -0.39 is 15.8 Å². The Kier molecular flexibility index (Phi) is 6.25. The van der Waals surface area contributed by atoms with Gasteiger partial charge in [-0.2, -0.15) is 0 Å². The van der Waals surface area contributed by atoms with E-state index in [1.54, 1.807) is 25.2 Å². The number of nitrogens with zero attached hydrogens (tertiary/aromatic N) is 4. The summed E-state index contributed by atoms with van der Waals surface area (Å²) >= 11 is 0. The van der Waals surface area contributed by atoms with Gasteiger partial charge in [-0.05, 0) is 38.0 Å². The summed E-state index contributed by atoms with van der Waals surface area (Å²) in [5.41, 5.74) is 1.29. The lowest BCUT2D eigenvalue weighted by atomic mass is 9.97. The molecule has 1 amide bonds. The molecule has 1 aromatic heterocycles.